The molecule has 15 heavy (non-hydrogen) atoms. The van der Waals surface area contributed by atoms with E-state index in [1.54, 1.807) is 4.90 Å². The summed E-state index contributed by atoms with van der Waals surface area (Å²) in [5.74, 6) is -1.19. The van der Waals surface area contributed by atoms with Gasteiger partial charge in [-0.05, 0) is 20.3 Å². The van der Waals surface area contributed by atoms with Crippen molar-refractivity contribution in [3.63, 3.8) is 0 Å². The van der Waals surface area contributed by atoms with Crippen LogP contribution in [0.1, 0.15) is 26.7 Å². The Morgan fingerprint density at radius 2 is 2.00 bits per heavy atom. The van der Waals surface area contributed by atoms with Gasteiger partial charge in [0.2, 0.25) is 5.91 Å². The fourth-order valence-corrected chi connectivity index (χ4v) is 1.43. The van der Waals surface area contributed by atoms with Crippen LogP contribution in [0.3, 0.4) is 0 Å². The Hall–Kier alpha value is -1.10. The number of carboxylic acid groups (broad SMARTS) is 1. The monoisotopic (exact) mass is 214 g/mol. The van der Waals surface area contributed by atoms with E-state index in [4.69, 9.17) is 10.8 Å². The molecule has 0 bridgehead atoms. The molecular formula is C10H18N2O3. The lowest BCUT2D eigenvalue weighted by Crippen LogP contribution is -2.53. The van der Waals surface area contributed by atoms with Crippen LogP contribution in [0.4, 0.5) is 0 Å². The molecule has 1 aliphatic rings. The lowest BCUT2D eigenvalue weighted by molar-refractivity contribution is -0.152. The van der Waals surface area contributed by atoms with Crippen molar-refractivity contribution < 1.29 is 14.7 Å². The Kier molecular flexibility index (Phi) is 3.34. The second-order valence-electron chi connectivity index (χ2n) is 4.82. The van der Waals surface area contributed by atoms with Gasteiger partial charge in [0.25, 0.3) is 0 Å². The second-order valence-corrected chi connectivity index (χ2v) is 4.82. The van der Waals surface area contributed by atoms with Gasteiger partial charge in [0, 0.05) is 25.0 Å². The standard InChI is InChI=1S/C10H18N2O3/c1-10(2,11)4-3-8(13)12-5-7(6-12)9(14)15/h7H,3-6,11H2,1-2H3,(H,14,15). The van der Waals surface area contributed by atoms with Gasteiger partial charge in [0.1, 0.15) is 0 Å². The molecule has 1 amide bonds. The molecular weight excluding hydrogens is 196 g/mol. The molecule has 0 spiro atoms. The number of nitrogens with zero attached hydrogens (tertiary/aromatic N) is 1. The minimum Gasteiger partial charge on any atom is -0.481 e. The first kappa shape index (κ1) is 12.0. The minimum absolute atomic E-state index is 0.00558. The molecule has 1 saturated heterocycles. The van der Waals surface area contributed by atoms with Crippen LogP contribution in [0.2, 0.25) is 0 Å². The van der Waals surface area contributed by atoms with Gasteiger partial charge in [-0.3, -0.25) is 9.59 Å². The van der Waals surface area contributed by atoms with E-state index in [-0.39, 0.29) is 17.4 Å². The molecule has 0 unspecified atom stereocenters. The quantitative estimate of drug-likeness (QED) is 0.692. The zero-order valence-electron chi connectivity index (χ0n) is 9.19. The number of hydrogen-bond donors (Lipinski definition) is 2. The van der Waals surface area contributed by atoms with Crippen molar-refractivity contribution in [3.05, 3.63) is 0 Å². The third-order valence-electron chi connectivity index (χ3n) is 2.57. The molecule has 5 nitrogen and oxygen atoms in total. The Labute approximate surface area is 89.2 Å². The highest BCUT2D eigenvalue weighted by Gasteiger charge is 2.35. The average Bonchev–Trinajstić information content (AvgIpc) is 1.95. The maximum atomic E-state index is 11.5. The minimum atomic E-state index is -0.821. The number of carbonyl (C=O) groups excluding carboxylic acids is 1. The Morgan fingerprint density at radius 3 is 2.40 bits per heavy atom. The Balaban J connectivity index is 2.24. The van der Waals surface area contributed by atoms with Gasteiger partial charge in [-0.2, -0.15) is 0 Å². The van der Waals surface area contributed by atoms with E-state index in [0.29, 0.717) is 25.9 Å². The fourth-order valence-electron chi connectivity index (χ4n) is 1.43. The summed E-state index contributed by atoms with van der Waals surface area (Å²) >= 11 is 0. The molecule has 0 saturated carbocycles. The first-order valence-corrected chi connectivity index (χ1v) is 5.09. The summed E-state index contributed by atoms with van der Waals surface area (Å²) in [6, 6.07) is 0. The number of aliphatic carboxylic acids is 1. The number of carboxylic acids is 1. The summed E-state index contributed by atoms with van der Waals surface area (Å²) in [6.07, 6.45) is 1.02. The average molecular weight is 214 g/mol. The van der Waals surface area contributed by atoms with Crippen LogP contribution in [0, 0.1) is 5.92 Å². The number of rotatable bonds is 4. The Bertz CT molecular complexity index is 264. The normalized spacial score (nSPS) is 17.4. The highest BCUT2D eigenvalue weighted by atomic mass is 16.4. The van der Waals surface area contributed by atoms with Crippen molar-refractivity contribution in [1.29, 1.82) is 0 Å². The van der Waals surface area contributed by atoms with Crippen LogP contribution < -0.4 is 5.73 Å². The summed E-state index contributed by atoms with van der Waals surface area (Å²) in [7, 11) is 0. The van der Waals surface area contributed by atoms with Crippen molar-refractivity contribution in [2.75, 3.05) is 13.1 Å². The zero-order chi connectivity index (χ0) is 11.6. The molecule has 86 valence electrons. The van der Waals surface area contributed by atoms with Gasteiger partial charge >= 0.3 is 5.97 Å². The predicted molar refractivity (Wildman–Crippen MR) is 55.2 cm³/mol. The lowest BCUT2D eigenvalue weighted by Gasteiger charge is -2.37. The topological polar surface area (TPSA) is 83.6 Å². The van der Waals surface area contributed by atoms with Crippen molar-refractivity contribution in [3.8, 4) is 0 Å². The van der Waals surface area contributed by atoms with Crippen LogP contribution in [0.15, 0.2) is 0 Å². The van der Waals surface area contributed by atoms with E-state index in [9.17, 15) is 9.59 Å². The summed E-state index contributed by atoms with van der Waals surface area (Å²) in [5.41, 5.74) is 5.41. The highest BCUT2D eigenvalue weighted by molar-refractivity contribution is 5.80. The van der Waals surface area contributed by atoms with Crippen LogP contribution >= 0.6 is 0 Å². The second kappa shape index (κ2) is 4.18. The summed E-state index contributed by atoms with van der Waals surface area (Å²) in [6.45, 7) is 4.44. The van der Waals surface area contributed by atoms with E-state index in [1.807, 2.05) is 13.8 Å². The van der Waals surface area contributed by atoms with Crippen LogP contribution in [0.5, 0.6) is 0 Å². The number of hydrogen-bond acceptors (Lipinski definition) is 3. The largest absolute Gasteiger partial charge is 0.481 e. The van der Waals surface area contributed by atoms with Gasteiger partial charge < -0.3 is 15.7 Å². The van der Waals surface area contributed by atoms with Crippen molar-refractivity contribution in [2.24, 2.45) is 11.7 Å². The summed E-state index contributed by atoms with van der Waals surface area (Å²) in [4.78, 5) is 23.6. The van der Waals surface area contributed by atoms with Gasteiger partial charge in [-0.25, -0.2) is 0 Å². The van der Waals surface area contributed by atoms with E-state index in [2.05, 4.69) is 0 Å². The third kappa shape index (κ3) is 3.51. The molecule has 1 aliphatic heterocycles. The molecule has 5 heteroatoms. The van der Waals surface area contributed by atoms with Crippen molar-refractivity contribution in [2.45, 2.75) is 32.2 Å². The maximum Gasteiger partial charge on any atom is 0.310 e. The maximum absolute atomic E-state index is 11.5. The van der Waals surface area contributed by atoms with Gasteiger partial charge in [-0.15, -0.1) is 0 Å². The molecule has 0 atom stereocenters. The van der Waals surface area contributed by atoms with E-state index in [1.165, 1.54) is 0 Å². The smallest absolute Gasteiger partial charge is 0.310 e. The molecule has 0 radical (unpaired) electrons. The van der Waals surface area contributed by atoms with E-state index in [0.717, 1.165) is 0 Å². The molecule has 1 rings (SSSR count). The molecule has 0 aromatic rings. The molecule has 0 aromatic carbocycles. The molecule has 0 aliphatic carbocycles. The Morgan fingerprint density at radius 1 is 1.47 bits per heavy atom. The van der Waals surface area contributed by atoms with Gasteiger partial charge in [0.05, 0.1) is 5.92 Å². The van der Waals surface area contributed by atoms with Crippen molar-refractivity contribution in [1.82, 2.24) is 4.90 Å². The van der Waals surface area contributed by atoms with Crippen molar-refractivity contribution >= 4 is 11.9 Å². The lowest BCUT2D eigenvalue weighted by atomic mass is 9.96. The highest BCUT2D eigenvalue weighted by Crippen LogP contribution is 2.18. The summed E-state index contributed by atoms with van der Waals surface area (Å²) < 4.78 is 0. The predicted octanol–water partition coefficient (Wildman–Crippen LogP) is 0.0469. The number of nitrogens with two attached hydrogens (primary N) is 1. The number of amides is 1. The van der Waals surface area contributed by atoms with Crippen LogP contribution in [0.25, 0.3) is 0 Å². The van der Waals surface area contributed by atoms with E-state index >= 15 is 0 Å². The SMILES string of the molecule is CC(C)(N)CCC(=O)N1CC(C(=O)O)C1. The molecule has 0 aromatic heterocycles. The number of carbonyl (C=O) groups is 2. The molecule has 1 heterocycles. The number of likely N-dealkylation sites (tertiary alicyclic amines) is 1. The van der Waals surface area contributed by atoms with Crippen LogP contribution in [-0.4, -0.2) is 40.5 Å². The van der Waals surface area contributed by atoms with Gasteiger partial charge in [0.15, 0.2) is 0 Å². The third-order valence-corrected chi connectivity index (χ3v) is 2.57. The fraction of sp³-hybridized carbons (Fsp3) is 0.800. The molecule has 3 N–H and O–H groups in total. The first-order chi connectivity index (χ1) is 6.79. The summed E-state index contributed by atoms with van der Waals surface area (Å²) in [5, 5.41) is 8.63. The molecule has 1 fully saturated rings. The van der Waals surface area contributed by atoms with Crippen LogP contribution in [-0.2, 0) is 9.59 Å². The first-order valence-electron chi connectivity index (χ1n) is 5.09. The van der Waals surface area contributed by atoms with E-state index < -0.39 is 5.97 Å². The zero-order valence-corrected chi connectivity index (χ0v) is 9.19. The van der Waals surface area contributed by atoms with Gasteiger partial charge in [-0.1, -0.05) is 0 Å².